The van der Waals surface area contributed by atoms with E-state index in [1.807, 2.05) is 12.1 Å². The molecule has 2 atom stereocenters. The van der Waals surface area contributed by atoms with Crippen LogP contribution in [0.15, 0.2) is 24.3 Å². The molecule has 1 N–H and O–H groups in total. The van der Waals surface area contributed by atoms with Crippen molar-refractivity contribution in [3.63, 3.8) is 0 Å². The molecule has 4 heteroatoms. The fraction of sp³-hybridized carbons (Fsp3) is 0.571. The second-order valence-corrected chi connectivity index (χ2v) is 5.84. The number of hydrogen-bond acceptors (Lipinski definition) is 3. The molecule has 1 aliphatic rings. The van der Waals surface area contributed by atoms with Crippen molar-refractivity contribution >= 4 is 17.3 Å². The molecular formula is C14H22ClN3. The van der Waals surface area contributed by atoms with Crippen LogP contribution in [0.2, 0.25) is 5.02 Å². The van der Waals surface area contributed by atoms with Crippen molar-refractivity contribution < 1.29 is 0 Å². The summed E-state index contributed by atoms with van der Waals surface area (Å²) in [5.74, 6) is 0. The van der Waals surface area contributed by atoms with Crippen LogP contribution in [0, 0.1) is 0 Å². The van der Waals surface area contributed by atoms with Gasteiger partial charge < -0.3 is 15.1 Å². The number of likely N-dealkylation sites (N-methyl/N-ethyl adjacent to an activating group) is 1. The lowest BCUT2D eigenvalue weighted by molar-refractivity contribution is 0.297. The van der Waals surface area contributed by atoms with E-state index in [1.54, 1.807) is 0 Å². The van der Waals surface area contributed by atoms with Crippen molar-refractivity contribution in [3.8, 4) is 0 Å². The van der Waals surface area contributed by atoms with E-state index in [-0.39, 0.29) is 0 Å². The standard InChI is InChI=1S/C14H22ClN3/c1-11-8-18(10-13(16-11)9-17(2)3)14-6-4-12(15)5-7-14/h4-7,11,13,16H,8-10H2,1-3H3. The highest BCUT2D eigenvalue weighted by Crippen LogP contribution is 2.20. The maximum Gasteiger partial charge on any atom is 0.0407 e. The number of halogens is 1. The average molecular weight is 268 g/mol. The SMILES string of the molecule is CC1CN(c2ccc(Cl)cc2)CC(CN(C)C)N1. The minimum Gasteiger partial charge on any atom is -0.368 e. The van der Waals surface area contributed by atoms with Gasteiger partial charge in [0.05, 0.1) is 0 Å². The zero-order valence-corrected chi connectivity index (χ0v) is 12.1. The van der Waals surface area contributed by atoms with Gasteiger partial charge in [0.1, 0.15) is 0 Å². The van der Waals surface area contributed by atoms with E-state index in [0.29, 0.717) is 12.1 Å². The van der Waals surface area contributed by atoms with Crippen LogP contribution >= 0.6 is 11.6 Å². The van der Waals surface area contributed by atoms with Gasteiger partial charge in [-0.25, -0.2) is 0 Å². The molecule has 1 heterocycles. The summed E-state index contributed by atoms with van der Waals surface area (Å²) >= 11 is 5.94. The van der Waals surface area contributed by atoms with Crippen molar-refractivity contribution in [2.45, 2.75) is 19.0 Å². The maximum atomic E-state index is 5.94. The summed E-state index contributed by atoms with van der Waals surface area (Å²) in [6.07, 6.45) is 0. The number of nitrogens with zero attached hydrogens (tertiary/aromatic N) is 2. The number of piperazine rings is 1. The topological polar surface area (TPSA) is 18.5 Å². The molecular weight excluding hydrogens is 246 g/mol. The Balaban J connectivity index is 2.06. The van der Waals surface area contributed by atoms with Crippen molar-refractivity contribution in [1.82, 2.24) is 10.2 Å². The van der Waals surface area contributed by atoms with E-state index in [2.05, 4.69) is 48.3 Å². The Hall–Kier alpha value is -0.770. The molecule has 1 fully saturated rings. The zero-order valence-electron chi connectivity index (χ0n) is 11.4. The quantitative estimate of drug-likeness (QED) is 0.905. The van der Waals surface area contributed by atoms with Crippen molar-refractivity contribution in [1.29, 1.82) is 0 Å². The van der Waals surface area contributed by atoms with Gasteiger partial charge in [0.25, 0.3) is 0 Å². The van der Waals surface area contributed by atoms with Crippen molar-refractivity contribution in [3.05, 3.63) is 29.3 Å². The van der Waals surface area contributed by atoms with E-state index in [9.17, 15) is 0 Å². The van der Waals surface area contributed by atoms with Crippen LogP contribution < -0.4 is 10.2 Å². The van der Waals surface area contributed by atoms with E-state index in [0.717, 1.165) is 24.7 Å². The highest BCUT2D eigenvalue weighted by atomic mass is 35.5. The van der Waals surface area contributed by atoms with E-state index in [1.165, 1.54) is 5.69 Å². The summed E-state index contributed by atoms with van der Waals surface area (Å²) in [6, 6.07) is 9.16. The minimum atomic E-state index is 0.513. The molecule has 0 saturated carbocycles. The van der Waals surface area contributed by atoms with Crippen LogP contribution in [0.25, 0.3) is 0 Å². The van der Waals surface area contributed by atoms with E-state index < -0.39 is 0 Å². The average Bonchev–Trinajstić information content (AvgIpc) is 2.28. The van der Waals surface area contributed by atoms with E-state index in [4.69, 9.17) is 11.6 Å². The van der Waals surface area contributed by atoms with Gasteiger partial charge in [-0.05, 0) is 45.3 Å². The fourth-order valence-electron chi connectivity index (χ4n) is 2.59. The number of rotatable bonds is 3. The molecule has 0 aliphatic carbocycles. The summed E-state index contributed by atoms with van der Waals surface area (Å²) in [5, 5.41) is 4.45. The maximum absolute atomic E-state index is 5.94. The molecule has 1 aromatic rings. The molecule has 1 saturated heterocycles. The summed E-state index contributed by atoms with van der Waals surface area (Å²) in [6.45, 7) is 5.40. The summed E-state index contributed by atoms with van der Waals surface area (Å²) < 4.78 is 0. The molecule has 18 heavy (non-hydrogen) atoms. The molecule has 0 amide bonds. The Labute approximate surface area is 115 Å². The third-order valence-electron chi connectivity index (χ3n) is 3.23. The van der Waals surface area contributed by atoms with Crippen LogP contribution in [0.3, 0.4) is 0 Å². The lowest BCUT2D eigenvalue weighted by Crippen LogP contribution is -2.58. The molecule has 0 bridgehead atoms. The van der Waals surface area contributed by atoms with Crippen LogP contribution in [-0.2, 0) is 0 Å². The molecule has 1 aliphatic heterocycles. The molecule has 0 aromatic heterocycles. The molecule has 3 nitrogen and oxygen atoms in total. The minimum absolute atomic E-state index is 0.513. The van der Waals surface area contributed by atoms with Crippen LogP contribution in [0.1, 0.15) is 6.92 Å². The monoisotopic (exact) mass is 267 g/mol. The third kappa shape index (κ3) is 3.61. The van der Waals surface area contributed by atoms with Crippen LogP contribution in [0.4, 0.5) is 5.69 Å². The highest BCUT2D eigenvalue weighted by molar-refractivity contribution is 6.30. The Morgan fingerprint density at radius 1 is 1.28 bits per heavy atom. The van der Waals surface area contributed by atoms with Gasteiger partial charge in [-0.15, -0.1) is 0 Å². The predicted octanol–water partition coefficient (Wildman–Crippen LogP) is 2.07. The third-order valence-corrected chi connectivity index (χ3v) is 3.48. The Morgan fingerprint density at radius 3 is 2.56 bits per heavy atom. The summed E-state index contributed by atoms with van der Waals surface area (Å²) in [5.41, 5.74) is 1.26. The molecule has 2 rings (SSSR count). The van der Waals surface area contributed by atoms with Crippen molar-refractivity contribution in [2.24, 2.45) is 0 Å². The van der Waals surface area contributed by atoms with Crippen LogP contribution in [-0.4, -0.2) is 50.7 Å². The van der Waals surface area contributed by atoms with Crippen LogP contribution in [0.5, 0.6) is 0 Å². The number of nitrogens with one attached hydrogen (secondary N) is 1. The molecule has 100 valence electrons. The van der Waals surface area contributed by atoms with Gasteiger partial charge in [0, 0.05) is 42.4 Å². The molecule has 1 aromatic carbocycles. The normalized spacial score (nSPS) is 24.6. The van der Waals surface area contributed by atoms with Gasteiger partial charge in [-0.3, -0.25) is 0 Å². The first-order valence-electron chi connectivity index (χ1n) is 6.46. The second kappa shape index (κ2) is 5.91. The molecule has 0 spiro atoms. The smallest absolute Gasteiger partial charge is 0.0407 e. The fourth-order valence-corrected chi connectivity index (χ4v) is 2.72. The first-order chi connectivity index (χ1) is 8.54. The van der Waals surface area contributed by atoms with E-state index >= 15 is 0 Å². The summed E-state index contributed by atoms with van der Waals surface area (Å²) in [4.78, 5) is 4.67. The van der Waals surface area contributed by atoms with Crippen molar-refractivity contribution in [2.75, 3.05) is 38.6 Å². The molecule has 0 radical (unpaired) electrons. The lowest BCUT2D eigenvalue weighted by atomic mass is 10.1. The Bertz CT molecular complexity index is 375. The van der Waals surface area contributed by atoms with Gasteiger partial charge in [0.2, 0.25) is 0 Å². The lowest BCUT2D eigenvalue weighted by Gasteiger charge is -2.40. The highest BCUT2D eigenvalue weighted by Gasteiger charge is 2.24. The number of anilines is 1. The zero-order chi connectivity index (χ0) is 13.1. The molecule has 2 unspecified atom stereocenters. The Morgan fingerprint density at radius 2 is 1.94 bits per heavy atom. The predicted molar refractivity (Wildman–Crippen MR) is 78.6 cm³/mol. The van der Waals surface area contributed by atoms with Gasteiger partial charge in [-0.1, -0.05) is 11.6 Å². The second-order valence-electron chi connectivity index (χ2n) is 5.41. The number of benzene rings is 1. The van der Waals surface area contributed by atoms with Gasteiger partial charge >= 0.3 is 0 Å². The van der Waals surface area contributed by atoms with Gasteiger partial charge in [0.15, 0.2) is 0 Å². The Kier molecular flexibility index (Phi) is 4.49. The first-order valence-corrected chi connectivity index (χ1v) is 6.83. The number of hydrogen-bond donors (Lipinski definition) is 1. The summed E-state index contributed by atoms with van der Waals surface area (Å²) in [7, 11) is 4.24. The first kappa shape index (κ1) is 13.7. The largest absolute Gasteiger partial charge is 0.368 e. The van der Waals surface area contributed by atoms with Gasteiger partial charge in [-0.2, -0.15) is 0 Å².